The molecule has 0 radical (unpaired) electrons. The van der Waals surface area contributed by atoms with Crippen molar-refractivity contribution in [1.82, 2.24) is 10.6 Å². The molecule has 1 saturated heterocycles. The molecule has 3 N–H and O–H groups in total. The van der Waals surface area contributed by atoms with Crippen LogP contribution in [0.15, 0.2) is 0 Å². The Morgan fingerprint density at radius 2 is 2.43 bits per heavy atom. The highest BCUT2D eigenvalue weighted by Gasteiger charge is 2.19. The fourth-order valence-electron chi connectivity index (χ4n) is 1.54. The third kappa shape index (κ3) is 3.64. The van der Waals surface area contributed by atoms with E-state index >= 15 is 0 Å². The van der Waals surface area contributed by atoms with Crippen LogP contribution in [-0.4, -0.2) is 36.8 Å². The van der Waals surface area contributed by atoms with Gasteiger partial charge in [-0.1, -0.05) is 6.92 Å². The first-order valence-electron chi connectivity index (χ1n) is 5.36. The van der Waals surface area contributed by atoms with Crippen LogP contribution >= 0.6 is 0 Å². The maximum Gasteiger partial charge on any atom is 0.237 e. The molecule has 1 rings (SSSR count). The number of nitrogens with one attached hydrogen (secondary N) is 2. The number of amides is 1. The fourth-order valence-corrected chi connectivity index (χ4v) is 1.54. The molecule has 0 spiro atoms. The molecule has 0 aromatic rings. The Bertz CT molecular complexity index is 185. The molecule has 1 fully saturated rings. The van der Waals surface area contributed by atoms with E-state index in [1.807, 2.05) is 6.92 Å². The van der Waals surface area contributed by atoms with Gasteiger partial charge in [0.25, 0.3) is 0 Å². The van der Waals surface area contributed by atoms with Crippen molar-refractivity contribution in [1.29, 1.82) is 0 Å². The van der Waals surface area contributed by atoms with Crippen LogP contribution in [0.4, 0.5) is 0 Å². The lowest BCUT2D eigenvalue weighted by Crippen LogP contribution is -2.44. The summed E-state index contributed by atoms with van der Waals surface area (Å²) >= 11 is 0. The van der Waals surface area contributed by atoms with Crippen LogP contribution in [0.2, 0.25) is 0 Å². The Labute approximate surface area is 85.1 Å². The Kier molecular flexibility index (Phi) is 4.90. The number of carbonyl (C=O) groups is 1. The molecule has 1 amide bonds. The zero-order valence-electron chi connectivity index (χ0n) is 8.75. The fraction of sp³-hybridized carbons (Fsp3) is 0.900. The smallest absolute Gasteiger partial charge is 0.237 e. The molecule has 0 saturated carbocycles. The molecule has 82 valence electrons. The summed E-state index contributed by atoms with van der Waals surface area (Å²) in [5.41, 5.74) is 0. The molecule has 4 heteroatoms. The molecule has 4 nitrogen and oxygen atoms in total. The van der Waals surface area contributed by atoms with Crippen molar-refractivity contribution in [3.8, 4) is 0 Å². The van der Waals surface area contributed by atoms with Crippen molar-refractivity contribution in [2.75, 3.05) is 19.7 Å². The second-order valence-corrected chi connectivity index (χ2v) is 4.04. The number of hydrogen-bond acceptors (Lipinski definition) is 3. The number of aliphatic hydroxyl groups is 1. The lowest BCUT2D eigenvalue weighted by Gasteiger charge is -2.17. The molecule has 1 aliphatic heterocycles. The average Bonchev–Trinajstić information content (AvgIpc) is 2.39. The molecule has 14 heavy (non-hydrogen) atoms. The van der Waals surface area contributed by atoms with Crippen molar-refractivity contribution < 1.29 is 9.90 Å². The highest BCUT2D eigenvalue weighted by atomic mass is 16.3. The monoisotopic (exact) mass is 200 g/mol. The molecule has 0 bridgehead atoms. The summed E-state index contributed by atoms with van der Waals surface area (Å²) in [5, 5.41) is 14.9. The molecule has 1 heterocycles. The van der Waals surface area contributed by atoms with Crippen molar-refractivity contribution >= 4 is 5.91 Å². The van der Waals surface area contributed by atoms with Gasteiger partial charge in [-0.25, -0.2) is 0 Å². The van der Waals surface area contributed by atoms with E-state index in [2.05, 4.69) is 10.6 Å². The van der Waals surface area contributed by atoms with E-state index < -0.39 is 0 Å². The summed E-state index contributed by atoms with van der Waals surface area (Å²) in [6.45, 7) is 3.63. The van der Waals surface area contributed by atoms with Gasteiger partial charge in [0.05, 0.1) is 6.04 Å². The average molecular weight is 200 g/mol. The standard InChI is InChI=1S/C10H20N2O2/c1-8(7-13)6-12-9-4-2-3-5-11-10(9)14/h8-9,12-13H,2-7H2,1H3,(H,11,14). The largest absolute Gasteiger partial charge is 0.396 e. The summed E-state index contributed by atoms with van der Waals surface area (Å²) in [4.78, 5) is 11.5. The summed E-state index contributed by atoms with van der Waals surface area (Å²) in [6.07, 6.45) is 3.06. The maximum atomic E-state index is 11.5. The van der Waals surface area contributed by atoms with E-state index in [-0.39, 0.29) is 24.5 Å². The summed E-state index contributed by atoms with van der Waals surface area (Å²) < 4.78 is 0. The highest BCUT2D eigenvalue weighted by molar-refractivity contribution is 5.81. The van der Waals surface area contributed by atoms with Crippen molar-refractivity contribution in [3.05, 3.63) is 0 Å². The van der Waals surface area contributed by atoms with Crippen LogP contribution in [0, 0.1) is 5.92 Å². The number of hydrogen-bond donors (Lipinski definition) is 3. The third-order valence-electron chi connectivity index (χ3n) is 2.56. The molecule has 2 atom stereocenters. The topological polar surface area (TPSA) is 61.4 Å². The van der Waals surface area contributed by atoms with E-state index in [0.29, 0.717) is 6.54 Å². The molecule has 0 aromatic carbocycles. The predicted octanol–water partition coefficient (Wildman–Crippen LogP) is -0.127. The first-order chi connectivity index (χ1) is 6.74. The molecule has 1 aliphatic rings. The second kappa shape index (κ2) is 5.98. The van der Waals surface area contributed by atoms with Gasteiger partial charge in [-0.2, -0.15) is 0 Å². The van der Waals surface area contributed by atoms with Crippen molar-refractivity contribution in [3.63, 3.8) is 0 Å². The van der Waals surface area contributed by atoms with Gasteiger partial charge in [0.1, 0.15) is 0 Å². The number of aliphatic hydroxyl groups excluding tert-OH is 1. The SMILES string of the molecule is CC(CO)CNC1CCCCNC1=O. The second-order valence-electron chi connectivity index (χ2n) is 4.04. The number of rotatable bonds is 4. The van der Waals surface area contributed by atoms with Gasteiger partial charge in [-0.05, 0) is 25.2 Å². The van der Waals surface area contributed by atoms with Gasteiger partial charge in [0.2, 0.25) is 5.91 Å². The quantitative estimate of drug-likeness (QED) is 0.592. The van der Waals surface area contributed by atoms with Crippen LogP contribution in [0.3, 0.4) is 0 Å². The summed E-state index contributed by atoms with van der Waals surface area (Å²) in [7, 11) is 0. The van der Waals surface area contributed by atoms with Crippen LogP contribution < -0.4 is 10.6 Å². The van der Waals surface area contributed by atoms with E-state index in [0.717, 1.165) is 25.8 Å². The van der Waals surface area contributed by atoms with Crippen LogP contribution in [0.25, 0.3) is 0 Å². The molecule has 0 aliphatic carbocycles. The lowest BCUT2D eigenvalue weighted by molar-refractivity contribution is -0.122. The Hall–Kier alpha value is -0.610. The first kappa shape index (κ1) is 11.5. The maximum absolute atomic E-state index is 11.5. The first-order valence-corrected chi connectivity index (χ1v) is 5.36. The van der Waals surface area contributed by atoms with Gasteiger partial charge in [0, 0.05) is 19.7 Å². The van der Waals surface area contributed by atoms with Crippen LogP contribution in [0.1, 0.15) is 26.2 Å². The number of carbonyl (C=O) groups excluding carboxylic acids is 1. The molecular formula is C10H20N2O2. The van der Waals surface area contributed by atoms with E-state index in [9.17, 15) is 4.79 Å². The van der Waals surface area contributed by atoms with Crippen LogP contribution in [-0.2, 0) is 4.79 Å². The molecule has 0 aromatic heterocycles. The van der Waals surface area contributed by atoms with Gasteiger partial charge in [-0.3, -0.25) is 4.79 Å². The highest BCUT2D eigenvalue weighted by Crippen LogP contribution is 2.05. The Balaban J connectivity index is 2.29. The summed E-state index contributed by atoms with van der Waals surface area (Å²) in [6, 6.07) is -0.0634. The lowest BCUT2D eigenvalue weighted by atomic mass is 10.1. The van der Waals surface area contributed by atoms with Gasteiger partial charge >= 0.3 is 0 Å². The van der Waals surface area contributed by atoms with E-state index in [1.54, 1.807) is 0 Å². The Morgan fingerprint density at radius 3 is 3.14 bits per heavy atom. The van der Waals surface area contributed by atoms with Gasteiger partial charge in [0.15, 0.2) is 0 Å². The van der Waals surface area contributed by atoms with Crippen LogP contribution in [0.5, 0.6) is 0 Å². The summed E-state index contributed by atoms with van der Waals surface area (Å²) in [5.74, 6) is 0.318. The van der Waals surface area contributed by atoms with Crippen molar-refractivity contribution in [2.24, 2.45) is 5.92 Å². The Morgan fingerprint density at radius 1 is 1.64 bits per heavy atom. The zero-order chi connectivity index (χ0) is 10.4. The molecule has 2 unspecified atom stereocenters. The minimum absolute atomic E-state index is 0.0634. The minimum Gasteiger partial charge on any atom is -0.396 e. The molecular weight excluding hydrogens is 180 g/mol. The predicted molar refractivity (Wildman–Crippen MR) is 54.9 cm³/mol. The van der Waals surface area contributed by atoms with Crippen molar-refractivity contribution in [2.45, 2.75) is 32.2 Å². The zero-order valence-corrected chi connectivity index (χ0v) is 8.75. The van der Waals surface area contributed by atoms with Gasteiger partial charge < -0.3 is 15.7 Å². The van der Waals surface area contributed by atoms with Gasteiger partial charge in [-0.15, -0.1) is 0 Å². The van der Waals surface area contributed by atoms with E-state index in [4.69, 9.17) is 5.11 Å². The normalized spacial score (nSPS) is 25.3. The van der Waals surface area contributed by atoms with E-state index in [1.165, 1.54) is 0 Å². The minimum atomic E-state index is -0.0634. The third-order valence-corrected chi connectivity index (χ3v) is 2.56.